The largest absolute Gasteiger partial charge is 0.496 e. The van der Waals surface area contributed by atoms with Crippen LogP contribution in [0.25, 0.3) is 0 Å². The maximum absolute atomic E-state index is 12.5. The predicted octanol–water partition coefficient (Wildman–Crippen LogP) is 1.70. The van der Waals surface area contributed by atoms with Crippen molar-refractivity contribution in [2.75, 3.05) is 13.7 Å². The molecule has 0 saturated carbocycles. The van der Waals surface area contributed by atoms with Crippen LogP contribution in [0.5, 0.6) is 5.75 Å². The number of aliphatic hydroxyl groups excluding tert-OH is 1. The second-order valence-electron chi connectivity index (χ2n) is 2.75. The molecule has 0 heterocycles. The SMILES string of the molecule is COc1ccc(CCO)cc1CF. The summed E-state index contributed by atoms with van der Waals surface area (Å²) in [5.41, 5.74) is 1.46. The van der Waals surface area contributed by atoms with Crippen molar-refractivity contribution in [1.82, 2.24) is 0 Å². The molecule has 1 aromatic rings. The van der Waals surface area contributed by atoms with Crippen LogP contribution in [0.1, 0.15) is 11.1 Å². The van der Waals surface area contributed by atoms with Crippen LogP contribution in [0.3, 0.4) is 0 Å². The molecule has 0 saturated heterocycles. The Hall–Kier alpha value is -1.09. The molecule has 0 radical (unpaired) electrons. The van der Waals surface area contributed by atoms with Gasteiger partial charge in [0.05, 0.1) is 7.11 Å². The molecule has 0 spiro atoms. The van der Waals surface area contributed by atoms with Crippen LogP contribution in [0.15, 0.2) is 18.2 Å². The topological polar surface area (TPSA) is 29.5 Å². The Labute approximate surface area is 77.0 Å². The lowest BCUT2D eigenvalue weighted by atomic mass is 10.1. The fraction of sp³-hybridized carbons (Fsp3) is 0.400. The van der Waals surface area contributed by atoms with Crippen LogP contribution in [0, 0.1) is 0 Å². The summed E-state index contributed by atoms with van der Waals surface area (Å²) in [6.45, 7) is -0.458. The molecule has 0 amide bonds. The van der Waals surface area contributed by atoms with Gasteiger partial charge in [0, 0.05) is 12.2 Å². The molecule has 0 fully saturated rings. The van der Waals surface area contributed by atoms with Crippen LogP contribution in [-0.2, 0) is 13.1 Å². The fourth-order valence-electron chi connectivity index (χ4n) is 1.22. The molecule has 0 atom stereocenters. The monoisotopic (exact) mass is 184 g/mol. The van der Waals surface area contributed by atoms with E-state index in [9.17, 15) is 4.39 Å². The van der Waals surface area contributed by atoms with Crippen LogP contribution < -0.4 is 4.74 Å². The highest BCUT2D eigenvalue weighted by Crippen LogP contribution is 2.20. The first kappa shape index (κ1) is 9.99. The molecule has 2 nitrogen and oxygen atoms in total. The van der Waals surface area contributed by atoms with Crippen molar-refractivity contribution in [3.63, 3.8) is 0 Å². The molecule has 1 N–H and O–H groups in total. The summed E-state index contributed by atoms with van der Waals surface area (Å²) >= 11 is 0. The molecule has 72 valence electrons. The average molecular weight is 184 g/mol. The molecule has 0 aliphatic heterocycles. The van der Waals surface area contributed by atoms with Crippen LogP contribution >= 0.6 is 0 Å². The summed E-state index contributed by atoms with van der Waals surface area (Å²) in [5, 5.41) is 8.68. The normalized spacial score (nSPS) is 10.1. The summed E-state index contributed by atoms with van der Waals surface area (Å²) < 4.78 is 17.4. The number of benzene rings is 1. The van der Waals surface area contributed by atoms with E-state index in [0.717, 1.165) is 5.56 Å². The number of rotatable bonds is 4. The van der Waals surface area contributed by atoms with Crippen molar-refractivity contribution in [1.29, 1.82) is 0 Å². The van der Waals surface area contributed by atoms with Gasteiger partial charge in [-0.25, -0.2) is 4.39 Å². The fourth-order valence-corrected chi connectivity index (χ4v) is 1.22. The van der Waals surface area contributed by atoms with E-state index in [-0.39, 0.29) is 6.61 Å². The molecular formula is C10H13FO2. The molecule has 13 heavy (non-hydrogen) atoms. The molecular weight excluding hydrogens is 171 g/mol. The molecule has 0 unspecified atom stereocenters. The Kier molecular flexibility index (Phi) is 3.71. The van der Waals surface area contributed by atoms with E-state index in [0.29, 0.717) is 17.7 Å². The van der Waals surface area contributed by atoms with Gasteiger partial charge in [-0.2, -0.15) is 0 Å². The summed E-state index contributed by atoms with van der Waals surface area (Å²) in [6.07, 6.45) is 0.553. The third kappa shape index (κ3) is 2.42. The van der Waals surface area contributed by atoms with Gasteiger partial charge in [-0.3, -0.25) is 0 Å². The van der Waals surface area contributed by atoms with Crippen molar-refractivity contribution in [3.05, 3.63) is 29.3 Å². The molecule has 1 aromatic carbocycles. The van der Waals surface area contributed by atoms with Crippen LogP contribution in [0.2, 0.25) is 0 Å². The Bertz CT molecular complexity index is 274. The third-order valence-electron chi connectivity index (χ3n) is 1.89. The van der Waals surface area contributed by atoms with Crippen molar-refractivity contribution in [2.24, 2.45) is 0 Å². The zero-order valence-corrected chi connectivity index (χ0v) is 7.59. The Morgan fingerprint density at radius 3 is 2.77 bits per heavy atom. The number of hydrogen-bond donors (Lipinski definition) is 1. The van der Waals surface area contributed by atoms with Gasteiger partial charge in [-0.1, -0.05) is 6.07 Å². The smallest absolute Gasteiger partial charge is 0.124 e. The zero-order chi connectivity index (χ0) is 9.68. The summed E-state index contributed by atoms with van der Waals surface area (Å²) in [6, 6.07) is 5.27. The first-order valence-corrected chi connectivity index (χ1v) is 4.14. The quantitative estimate of drug-likeness (QED) is 0.771. The molecule has 3 heteroatoms. The number of aliphatic hydroxyl groups is 1. The maximum atomic E-state index is 12.5. The highest BCUT2D eigenvalue weighted by atomic mass is 19.1. The van der Waals surface area contributed by atoms with Gasteiger partial charge < -0.3 is 9.84 Å². The Morgan fingerprint density at radius 1 is 1.46 bits per heavy atom. The number of methoxy groups -OCH3 is 1. The first-order valence-electron chi connectivity index (χ1n) is 4.14. The van der Waals surface area contributed by atoms with Gasteiger partial charge in [0.2, 0.25) is 0 Å². The number of halogens is 1. The van der Waals surface area contributed by atoms with Gasteiger partial charge in [0.1, 0.15) is 12.4 Å². The maximum Gasteiger partial charge on any atom is 0.124 e. The Balaban J connectivity index is 2.91. The molecule has 0 aliphatic carbocycles. The number of alkyl halides is 1. The summed E-state index contributed by atoms with van der Waals surface area (Å²) in [4.78, 5) is 0. The Morgan fingerprint density at radius 2 is 2.23 bits per heavy atom. The minimum absolute atomic E-state index is 0.0814. The van der Waals surface area contributed by atoms with Gasteiger partial charge in [-0.15, -0.1) is 0 Å². The summed E-state index contributed by atoms with van der Waals surface area (Å²) in [5.74, 6) is 0.559. The van der Waals surface area contributed by atoms with E-state index in [1.807, 2.05) is 6.07 Å². The van der Waals surface area contributed by atoms with Gasteiger partial charge in [-0.05, 0) is 24.1 Å². The molecule has 0 aliphatic rings. The van der Waals surface area contributed by atoms with Gasteiger partial charge in [0.25, 0.3) is 0 Å². The van der Waals surface area contributed by atoms with Crippen LogP contribution in [-0.4, -0.2) is 18.8 Å². The second kappa shape index (κ2) is 4.82. The van der Waals surface area contributed by atoms with Crippen LogP contribution in [0.4, 0.5) is 4.39 Å². The van der Waals surface area contributed by atoms with E-state index in [2.05, 4.69) is 0 Å². The lowest BCUT2D eigenvalue weighted by Crippen LogP contribution is -1.95. The molecule has 1 rings (SSSR count). The third-order valence-corrected chi connectivity index (χ3v) is 1.89. The van der Waals surface area contributed by atoms with E-state index in [1.54, 1.807) is 12.1 Å². The van der Waals surface area contributed by atoms with Gasteiger partial charge >= 0.3 is 0 Å². The predicted molar refractivity (Wildman–Crippen MR) is 48.6 cm³/mol. The standard InChI is InChI=1S/C10H13FO2/c1-13-10-3-2-8(4-5-12)6-9(10)7-11/h2-3,6,12H,4-5,7H2,1H3. The average Bonchev–Trinajstić information content (AvgIpc) is 2.18. The number of ether oxygens (including phenoxy) is 1. The van der Waals surface area contributed by atoms with Crippen molar-refractivity contribution in [3.8, 4) is 5.75 Å². The van der Waals surface area contributed by atoms with Gasteiger partial charge in [0.15, 0.2) is 0 Å². The lowest BCUT2D eigenvalue weighted by molar-refractivity contribution is 0.299. The lowest BCUT2D eigenvalue weighted by Gasteiger charge is -2.07. The summed E-state index contributed by atoms with van der Waals surface area (Å²) in [7, 11) is 1.51. The van der Waals surface area contributed by atoms with Crippen molar-refractivity contribution < 1.29 is 14.2 Å². The molecule has 0 bridgehead atoms. The van der Waals surface area contributed by atoms with E-state index in [1.165, 1.54) is 7.11 Å². The molecule has 0 aromatic heterocycles. The number of hydrogen-bond acceptors (Lipinski definition) is 2. The minimum atomic E-state index is -0.539. The van der Waals surface area contributed by atoms with E-state index >= 15 is 0 Å². The van der Waals surface area contributed by atoms with E-state index in [4.69, 9.17) is 9.84 Å². The second-order valence-corrected chi connectivity index (χ2v) is 2.75. The highest BCUT2D eigenvalue weighted by molar-refractivity contribution is 5.36. The van der Waals surface area contributed by atoms with Crippen molar-refractivity contribution in [2.45, 2.75) is 13.1 Å². The van der Waals surface area contributed by atoms with Crippen molar-refractivity contribution >= 4 is 0 Å². The first-order chi connectivity index (χ1) is 6.31. The highest BCUT2D eigenvalue weighted by Gasteiger charge is 2.03. The zero-order valence-electron chi connectivity index (χ0n) is 7.59. The minimum Gasteiger partial charge on any atom is -0.496 e. The van der Waals surface area contributed by atoms with E-state index < -0.39 is 6.67 Å².